The number of pyridine rings is 3. The maximum absolute atomic E-state index is 5.97. The number of nitrogen functional groups attached to an aromatic ring is 1. The van der Waals surface area contributed by atoms with Crippen LogP contribution in [0.5, 0.6) is 0 Å². The lowest BCUT2D eigenvalue weighted by atomic mass is 10.1. The number of fused-ring (bicyclic) bond motifs is 1. The van der Waals surface area contributed by atoms with Gasteiger partial charge in [0.25, 0.3) is 0 Å². The van der Waals surface area contributed by atoms with E-state index in [1.807, 2.05) is 32.2 Å². The predicted octanol–water partition coefficient (Wildman–Crippen LogP) is 3.20. The molecule has 0 saturated heterocycles. The topological polar surface area (TPSA) is 64.7 Å². The molecule has 3 aromatic rings. The average molecular weight is 264 g/mol. The van der Waals surface area contributed by atoms with Crippen LogP contribution >= 0.6 is 0 Å². The summed E-state index contributed by atoms with van der Waals surface area (Å²) in [6.07, 6.45) is 3.59. The normalized spacial score (nSPS) is 10.9. The molecule has 3 aromatic heterocycles. The Morgan fingerprint density at radius 3 is 2.40 bits per heavy atom. The van der Waals surface area contributed by atoms with Gasteiger partial charge in [0.15, 0.2) is 5.65 Å². The molecule has 0 amide bonds. The maximum atomic E-state index is 5.97. The highest BCUT2D eigenvalue weighted by molar-refractivity contribution is 5.84. The molecule has 100 valence electrons. The summed E-state index contributed by atoms with van der Waals surface area (Å²) in [6.45, 7) is 6.09. The van der Waals surface area contributed by atoms with E-state index in [0.29, 0.717) is 5.82 Å². The van der Waals surface area contributed by atoms with Gasteiger partial charge in [-0.05, 0) is 55.7 Å². The van der Waals surface area contributed by atoms with Crippen molar-refractivity contribution in [3.8, 4) is 11.3 Å². The van der Waals surface area contributed by atoms with Crippen molar-refractivity contribution in [2.24, 2.45) is 0 Å². The number of rotatable bonds is 1. The maximum Gasteiger partial charge on any atom is 0.160 e. The molecular formula is C16H16N4. The molecule has 0 aliphatic carbocycles. The Morgan fingerprint density at radius 1 is 0.900 bits per heavy atom. The van der Waals surface area contributed by atoms with Crippen LogP contribution in [0.25, 0.3) is 22.3 Å². The molecule has 0 radical (unpaired) electrons. The van der Waals surface area contributed by atoms with Crippen molar-refractivity contribution in [3.63, 3.8) is 0 Å². The molecular weight excluding hydrogens is 248 g/mol. The highest BCUT2D eigenvalue weighted by Crippen LogP contribution is 2.27. The summed E-state index contributed by atoms with van der Waals surface area (Å²) >= 11 is 0. The summed E-state index contributed by atoms with van der Waals surface area (Å²) in [7, 11) is 0. The smallest absolute Gasteiger partial charge is 0.160 e. The van der Waals surface area contributed by atoms with E-state index in [4.69, 9.17) is 5.73 Å². The number of nitrogens with zero attached hydrogens (tertiary/aromatic N) is 3. The fourth-order valence-electron chi connectivity index (χ4n) is 2.29. The second-order valence-corrected chi connectivity index (χ2v) is 5.15. The van der Waals surface area contributed by atoms with Crippen LogP contribution in [-0.4, -0.2) is 15.0 Å². The Hall–Kier alpha value is -2.49. The molecule has 2 N–H and O–H groups in total. The van der Waals surface area contributed by atoms with Gasteiger partial charge in [0.2, 0.25) is 0 Å². The monoisotopic (exact) mass is 264 g/mol. The van der Waals surface area contributed by atoms with Crippen molar-refractivity contribution >= 4 is 16.9 Å². The van der Waals surface area contributed by atoms with E-state index >= 15 is 0 Å². The van der Waals surface area contributed by atoms with Gasteiger partial charge in [-0.3, -0.25) is 0 Å². The molecule has 0 spiro atoms. The lowest BCUT2D eigenvalue weighted by Gasteiger charge is -2.09. The van der Waals surface area contributed by atoms with Gasteiger partial charge < -0.3 is 5.73 Å². The number of hydrogen-bond acceptors (Lipinski definition) is 4. The molecule has 4 nitrogen and oxygen atoms in total. The van der Waals surface area contributed by atoms with E-state index in [1.165, 1.54) is 0 Å². The quantitative estimate of drug-likeness (QED) is 0.733. The van der Waals surface area contributed by atoms with Gasteiger partial charge in [-0.15, -0.1) is 0 Å². The average Bonchev–Trinajstić information content (AvgIpc) is 2.42. The van der Waals surface area contributed by atoms with Crippen molar-refractivity contribution in [1.82, 2.24) is 15.0 Å². The third kappa shape index (κ3) is 2.09. The van der Waals surface area contributed by atoms with Crippen LogP contribution in [0.2, 0.25) is 0 Å². The number of hydrogen-bond donors (Lipinski definition) is 1. The molecule has 3 rings (SSSR count). The Morgan fingerprint density at radius 2 is 1.60 bits per heavy atom. The van der Waals surface area contributed by atoms with Crippen LogP contribution in [-0.2, 0) is 0 Å². The Bertz CT molecular complexity index is 809. The second-order valence-electron chi connectivity index (χ2n) is 5.15. The number of nitrogens with two attached hydrogens (primary N) is 1. The molecule has 0 aliphatic rings. The molecule has 3 heterocycles. The van der Waals surface area contributed by atoms with Crippen LogP contribution < -0.4 is 5.73 Å². The first-order chi connectivity index (χ1) is 9.54. The third-order valence-electron chi connectivity index (χ3n) is 3.34. The summed E-state index contributed by atoms with van der Waals surface area (Å²) < 4.78 is 0. The van der Waals surface area contributed by atoms with E-state index in [2.05, 4.69) is 27.9 Å². The van der Waals surface area contributed by atoms with E-state index in [1.54, 1.807) is 6.20 Å². The molecule has 0 bridgehead atoms. The minimum absolute atomic E-state index is 0.494. The molecule has 4 heteroatoms. The van der Waals surface area contributed by atoms with Crippen LogP contribution in [0.3, 0.4) is 0 Å². The van der Waals surface area contributed by atoms with Crippen molar-refractivity contribution in [3.05, 3.63) is 47.3 Å². The zero-order valence-electron chi connectivity index (χ0n) is 11.8. The van der Waals surface area contributed by atoms with Crippen molar-refractivity contribution in [2.75, 3.05) is 5.73 Å². The number of aromatic nitrogens is 3. The molecule has 0 atom stereocenters. The first-order valence-corrected chi connectivity index (χ1v) is 6.51. The molecule has 0 aromatic carbocycles. The Kier molecular flexibility index (Phi) is 2.86. The lowest BCUT2D eigenvalue weighted by molar-refractivity contribution is 1.22. The van der Waals surface area contributed by atoms with Gasteiger partial charge in [0, 0.05) is 23.3 Å². The number of aryl methyl sites for hydroxylation is 3. The van der Waals surface area contributed by atoms with Crippen molar-refractivity contribution in [1.29, 1.82) is 0 Å². The standard InChI is InChI=1S/C16H16N4/c1-9-4-12-11(3)6-14(20-16(12)19-8-9)13-5-10(2)7-18-15(13)17/h4-8H,1-3H3,(H2,17,18). The summed E-state index contributed by atoms with van der Waals surface area (Å²) in [5.41, 5.74) is 11.7. The first-order valence-electron chi connectivity index (χ1n) is 6.51. The molecule has 0 aliphatic heterocycles. The summed E-state index contributed by atoms with van der Waals surface area (Å²) in [4.78, 5) is 13.2. The van der Waals surface area contributed by atoms with E-state index in [-0.39, 0.29) is 0 Å². The Balaban J connectivity index is 2.27. The zero-order valence-corrected chi connectivity index (χ0v) is 11.8. The fraction of sp³-hybridized carbons (Fsp3) is 0.188. The lowest BCUT2D eigenvalue weighted by Crippen LogP contribution is -1.98. The minimum Gasteiger partial charge on any atom is -0.383 e. The van der Waals surface area contributed by atoms with Crippen LogP contribution in [0.1, 0.15) is 16.7 Å². The van der Waals surface area contributed by atoms with Crippen LogP contribution in [0.4, 0.5) is 5.82 Å². The van der Waals surface area contributed by atoms with Gasteiger partial charge >= 0.3 is 0 Å². The van der Waals surface area contributed by atoms with E-state index in [9.17, 15) is 0 Å². The molecule has 0 fully saturated rings. The summed E-state index contributed by atoms with van der Waals surface area (Å²) in [5, 5.41) is 1.08. The molecule has 20 heavy (non-hydrogen) atoms. The van der Waals surface area contributed by atoms with Crippen molar-refractivity contribution < 1.29 is 0 Å². The SMILES string of the molecule is Cc1cnc(N)c(-c2cc(C)c3cc(C)cnc3n2)c1. The van der Waals surface area contributed by atoms with Gasteiger partial charge in [-0.1, -0.05) is 0 Å². The predicted molar refractivity (Wildman–Crippen MR) is 81.4 cm³/mol. The van der Waals surface area contributed by atoms with Gasteiger partial charge in [-0.2, -0.15) is 0 Å². The van der Waals surface area contributed by atoms with E-state index < -0.39 is 0 Å². The summed E-state index contributed by atoms with van der Waals surface area (Å²) in [5.74, 6) is 0.494. The molecule has 0 unspecified atom stereocenters. The van der Waals surface area contributed by atoms with Gasteiger partial charge in [0.05, 0.1) is 5.69 Å². The van der Waals surface area contributed by atoms with Gasteiger partial charge in [0.1, 0.15) is 5.82 Å². The highest BCUT2D eigenvalue weighted by atomic mass is 14.9. The fourth-order valence-corrected chi connectivity index (χ4v) is 2.29. The highest BCUT2D eigenvalue weighted by Gasteiger charge is 2.10. The molecule has 0 saturated carbocycles. The van der Waals surface area contributed by atoms with Crippen molar-refractivity contribution in [2.45, 2.75) is 20.8 Å². The first kappa shape index (κ1) is 12.5. The zero-order chi connectivity index (χ0) is 14.3. The number of anilines is 1. The van der Waals surface area contributed by atoms with Gasteiger partial charge in [-0.25, -0.2) is 15.0 Å². The van der Waals surface area contributed by atoms with E-state index in [0.717, 1.165) is 39.0 Å². The summed E-state index contributed by atoms with van der Waals surface area (Å²) in [6, 6.07) is 6.15. The van der Waals surface area contributed by atoms with Crippen LogP contribution in [0, 0.1) is 20.8 Å². The van der Waals surface area contributed by atoms with Crippen LogP contribution in [0.15, 0.2) is 30.6 Å². The Labute approximate surface area is 117 Å². The third-order valence-corrected chi connectivity index (χ3v) is 3.34. The largest absolute Gasteiger partial charge is 0.383 e. The second kappa shape index (κ2) is 4.56. The minimum atomic E-state index is 0.494.